The van der Waals surface area contributed by atoms with Gasteiger partial charge in [0.25, 0.3) is 0 Å². The summed E-state index contributed by atoms with van der Waals surface area (Å²) >= 11 is 0. The van der Waals surface area contributed by atoms with Crippen molar-refractivity contribution in [3.05, 3.63) is 81.7 Å². The maximum Gasteiger partial charge on any atom is 0.203 e. The second-order valence-electron chi connectivity index (χ2n) is 9.00. The summed E-state index contributed by atoms with van der Waals surface area (Å²) in [4.78, 5) is 30.1. The molecule has 0 unspecified atom stereocenters. The molecule has 2 aromatic heterocycles. The van der Waals surface area contributed by atoms with Crippen LogP contribution in [0.4, 0.5) is 4.39 Å². The minimum absolute atomic E-state index is 0.0262. The van der Waals surface area contributed by atoms with Crippen molar-refractivity contribution in [3.8, 4) is 17.1 Å². The van der Waals surface area contributed by atoms with Gasteiger partial charge in [0.15, 0.2) is 11.6 Å². The van der Waals surface area contributed by atoms with Crippen LogP contribution in [0.1, 0.15) is 42.0 Å². The number of Topliss-reactive ketones (excluding diaryl/α,β-unsaturated/α-hetero) is 1. The van der Waals surface area contributed by atoms with Gasteiger partial charge in [0.1, 0.15) is 41.3 Å². The third-order valence-corrected chi connectivity index (χ3v) is 5.82. The topological polar surface area (TPSA) is 94.6 Å². The van der Waals surface area contributed by atoms with Gasteiger partial charge in [-0.25, -0.2) is 9.37 Å². The molecule has 0 saturated heterocycles. The lowest BCUT2D eigenvalue weighted by molar-refractivity contribution is 0.0858. The molecule has 168 valence electrons. The lowest BCUT2D eigenvalue weighted by Gasteiger charge is -2.27. The first-order chi connectivity index (χ1) is 15.7. The third-order valence-electron chi connectivity index (χ3n) is 5.82. The summed E-state index contributed by atoms with van der Waals surface area (Å²) in [6, 6.07) is 11.0. The average Bonchev–Trinajstić information content (AvgIpc) is 3.08. The van der Waals surface area contributed by atoms with Gasteiger partial charge in [-0.1, -0.05) is 32.0 Å². The van der Waals surface area contributed by atoms with Gasteiger partial charge in [-0.2, -0.15) is 4.73 Å². The van der Waals surface area contributed by atoms with Crippen molar-refractivity contribution < 1.29 is 23.5 Å². The number of hydrogen-bond donors (Lipinski definition) is 1. The molecule has 0 fully saturated rings. The van der Waals surface area contributed by atoms with Crippen molar-refractivity contribution >= 4 is 16.8 Å². The molecule has 0 aliphatic heterocycles. The maximum atomic E-state index is 13.8. The van der Waals surface area contributed by atoms with Crippen LogP contribution in [-0.2, 0) is 13.0 Å². The fourth-order valence-corrected chi connectivity index (χ4v) is 4.20. The van der Waals surface area contributed by atoms with E-state index in [0.717, 1.165) is 0 Å². The van der Waals surface area contributed by atoms with E-state index in [9.17, 15) is 19.2 Å². The Hall–Kier alpha value is -3.94. The van der Waals surface area contributed by atoms with Crippen molar-refractivity contribution in [2.75, 3.05) is 0 Å². The van der Waals surface area contributed by atoms with E-state index in [1.54, 1.807) is 36.4 Å². The van der Waals surface area contributed by atoms with E-state index in [-0.39, 0.29) is 58.1 Å². The van der Waals surface area contributed by atoms with E-state index < -0.39 is 5.43 Å². The Kier molecular flexibility index (Phi) is 4.81. The second kappa shape index (κ2) is 7.58. The molecule has 4 aromatic rings. The predicted molar refractivity (Wildman–Crippen MR) is 118 cm³/mol. The Morgan fingerprint density at radius 1 is 1.18 bits per heavy atom. The first-order valence-electron chi connectivity index (χ1n) is 10.5. The van der Waals surface area contributed by atoms with Crippen LogP contribution < -0.4 is 10.2 Å². The summed E-state index contributed by atoms with van der Waals surface area (Å²) in [5.74, 6) is -0.196. The lowest BCUT2D eigenvalue weighted by Crippen LogP contribution is -2.28. The minimum Gasteiger partial charge on any atom is -0.489 e. The number of rotatable bonds is 4. The Morgan fingerprint density at radius 2 is 1.97 bits per heavy atom. The molecule has 5 rings (SSSR count). The van der Waals surface area contributed by atoms with Crippen molar-refractivity contribution in [1.29, 1.82) is 0 Å². The molecule has 0 spiro atoms. The quantitative estimate of drug-likeness (QED) is 0.452. The summed E-state index contributed by atoms with van der Waals surface area (Å²) in [6.45, 7) is 3.94. The van der Waals surface area contributed by atoms with Crippen LogP contribution in [-0.4, -0.2) is 20.7 Å². The zero-order valence-electron chi connectivity index (χ0n) is 18.1. The van der Waals surface area contributed by atoms with Crippen molar-refractivity contribution in [3.63, 3.8) is 0 Å². The molecular formula is C25H21FN2O5. The van der Waals surface area contributed by atoms with Crippen LogP contribution in [0.2, 0.25) is 0 Å². The first-order valence-corrected chi connectivity index (χ1v) is 10.5. The molecule has 0 atom stereocenters. The highest BCUT2D eigenvalue weighted by molar-refractivity contribution is 5.98. The van der Waals surface area contributed by atoms with Gasteiger partial charge in [0.05, 0.1) is 11.1 Å². The number of benzene rings is 2. The summed E-state index contributed by atoms with van der Waals surface area (Å²) in [5, 5.41) is 10.9. The van der Waals surface area contributed by atoms with Gasteiger partial charge in [0.2, 0.25) is 5.43 Å². The van der Waals surface area contributed by atoms with Crippen molar-refractivity contribution in [2.45, 2.75) is 33.3 Å². The number of imidazole rings is 1. The van der Waals surface area contributed by atoms with E-state index in [1.165, 1.54) is 12.3 Å². The zero-order valence-corrected chi connectivity index (χ0v) is 18.1. The van der Waals surface area contributed by atoms with E-state index in [1.807, 2.05) is 13.8 Å². The summed E-state index contributed by atoms with van der Waals surface area (Å²) in [6.07, 6.45) is 2.01. The van der Waals surface area contributed by atoms with Gasteiger partial charge in [-0.05, 0) is 30.0 Å². The van der Waals surface area contributed by atoms with Crippen LogP contribution in [0.25, 0.3) is 22.4 Å². The molecular weight excluding hydrogens is 427 g/mol. The summed E-state index contributed by atoms with van der Waals surface area (Å²) in [7, 11) is 0. The molecule has 0 amide bonds. The lowest BCUT2D eigenvalue weighted by atomic mass is 9.77. The highest BCUT2D eigenvalue weighted by Crippen LogP contribution is 2.36. The molecule has 1 N–H and O–H groups in total. The fraction of sp³-hybridized carbons (Fsp3) is 0.240. The SMILES string of the molecule is CC1(C)CC(=O)c2c(nc(-c3coc4cc(OCc5ccccc5F)ccc4c3=O)n2O)C1. The van der Waals surface area contributed by atoms with E-state index in [4.69, 9.17) is 9.15 Å². The molecule has 0 radical (unpaired) electrons. The molecule has 0 saturated carbocycles. The molecule has 0 bridgehead atoms. The van der Waals surface area contributed by atoms with Crippen molar-refractivity contribution in [1.82, 2.24) is 9.71 Å². The van der Waals surface area contributed by atoms with Crippen LogP contribution in [0.5, 0.6) is 5.75 Å². The molecule has 33 heavy (non-hydrogen) atoms. The molecule has 2 heterocycles. The number of aromatic nitrogens is 2. The number of carbonyl (C=O) groups is 1. The molecule has 1 aliphatic carbocycles. The number of fused-ring (bicyclic) bond motifs is 2. The standard InChI is InChI=1S/C25H21FN2O5/c1-25(2)10-19-22(20(29)11-25)28(31)24(27-19)17-13-33-21-9-15(7-8-16(21)23(17)30)32-12-14-5-3-4-6-18(14)26/h3-9,13,31H,10-12H2,1-2H3. The van der Waals surface area contributed by atoms with Gasteiger partial charge >= 0.3 is 0 Å². The monoisotopic (exact) mass is 448 g/mol. The fourth-order valence-electron chi connectivity index (χ4n) is 4.20. The summed E-state index contributed by atoms with van der Waals surface area (Å²) < 4.78 is 25.8. The Morgan fingerprint density at radius 3 is 2.76 bits per heavy atom. The number of ether oxygens (including phenoxy) is 1. The Bertz CT molecular complexity index is 1470. The van der Waals surface area contributed by atoms with E-state index in [2.05, 4.69) is 4.98 Å². The number of hydrogen-bond acceptors (Lipinski definition) is 6. The third kappa shape index (κ3) is 3.67. The Labute approximate surface area is 188 Å². The normalized spacial score (nSPS) is 14.9. The van der Waals surface area contributed by atoms with Crippen LogP contribution in [0, 0.1) is 11.2 Å². The van der Waals surface area contributed by atoms with E-state index >= 15 is 0 Å². The number of halogens is 1. The number of ketones is 1. The van der Waals surface area contributed by atoms with Gasteiger partial charge < -0.3 is 14.4 Å². The maximum absolute atomic E-state index is 13.8. The first kappa shape index (κ1) is 20.9. The highest BCUT2D eigenvalue weighted by atomic mass is 19.1. The predicted octanol–water partition coefficient (Wildman–Crippen LogP) is 4.77. The summed E-state index contributed by atoms with van der Waals surface area (Å²) in [5.41, 5.74) is 0.624. The largest absolute Gasteiger partial charge is 0.489 e. The van der Waals surface area contributed by atoms with E-state index in [0.29, 0.717) is 28.2 Å². The number of nitrogens with zero attached hydrogens (tertiary/aromatic N) is 2. The second-order valence-corrected chi connectivity index (χ2v) is 9.00. The number of carbonyl (C=O) groups excluding carboxylic acids is 1. The van der Waals surface area contributed by atoms with Gasteiger partial charge in [0, 0.05) is 18.1 Å². The Balaban J connectivity index is 1.49. The van der Waals surface area contributed by atoms with Crippen LogP contribution in [0.3, 0.4) is 0 Å². The smallest absolute Gasteiger partial charge is 0.203 e. The highest BCUT2D eigenvalue weighted by Gasteiger charge is 2.36. The zero-order chi connectivity index (χ0) is 23.3. The van der Waals surface area contributed by atoms with Crippen LogP contribution >= 0.6 is 0 Å². The van der Waals surface area contributed by atoms with Crippen molar-refractivity contribution in [2.24, 2.45) is 5.41 Å². The molecule has 1 aliphatic rings. The average molecular weight is 448 g/mol. The van der Waals surface area contributed by atoms with Crippen LogP contribution in [0.15, 0.2) is 57.9 Å². The molecule has 2 aromatic carbocycles. The van der Waals surface area contributed by atoms with Gasteiger partial charge in [-0.15, -0.1) is 0 Å². The minimum atomic E-state index is -0.402. The molecule has 8 heteroatoms. The molecule has 7 nitrogen and oxygen atoms in total. The van der Waals surface area contributed by atoms with Gasteiger partial charge in [-0.3, -0.25) is 9.59 Å².